The maximum atomic E-state index is 13.1. The molecule has 0 bridgehead atoms. The number of aliphatic hydroxyl groups excluding tert-OH is 1. The topological polar surface area (TPSA) is 237 Å². The van der Waals surface area contributed by atoms with E-state index in [0.717, 1.165) is 148 Å². The lowest BCUT2D eigenvalue weighted by molar-refractivity contribution is -0.161. The van der Waals surface area contributed by atoms with Gasteiger partial charge in [0.05, 0.1) is 26.4 Å². The summed E-state index contributed by atoms with van der Waals surface area (Å²) in [5.41, 5.74) is 0. The summed E-state index contributed by atoms with van der Waals surface area (Å²) < 4.78 is 68.4. The van der Waals surface area contributed by atoms with E-state index < -0.39 is 97.5 Å². The SMILES string of the molecule is CC/C=C\C/C=C\C/C=C\C/C=C\C/C=C\CCCC(=O)OCC(COP(=O)(O)OCC(O)COP(=O)(O)OCC(COC(=O)CCCCCCC/C=C\CCCCCCCC)OC(=O)CCCCCCC/C=C\C/C=C\CCC)OC(=O)CCCCCCCCCCCCCCC. The predicted molar refractivity (Wildman–Crippen MR) is 399 cm³/mol. The Hall–Kier alpha value is -4.02. The summed E-state index contributed by atoms with van der Waals surface area (Å²) in [6.45, 7) is 4.63. The molecule has 0 spiro atoms. The number of rotatable bonds is 72. The van der Waals surface area contributed by atoms with E-state index in [-0.39, 0.29) is 25.7 Å². The minimum atomic E-state index is -4.98. The molecule has 0 radical (unpaired) electrons. The number of hydrogen-bond acceptors (Lipinski definition) is 15. The highest BCUT2D eigenvalue weighted by atomic mass is 31.2. The van der Waals surface area contributed by atoms with Crippen molar-refractivity contribution in [3.8, 4) is 0 Å². The van der Waals surface area contributed by atoms with Crippen molar-refractivity contribution in [3.05, 3.63) is 97.2 Å². The molecule has 5 unspecified atom stereocenters. The molecule has 0 heterocycles. The first kappa shape index (κ1) is 94.0. The number of esters is 4. The van der Waals surface area contributed by atoms with Crippen LogP contribution in [0.15, 0.2) is 97.2 Å². The number of allylic oxidation sites excluding steroid dienone is 16. The van der Waals surface area contributed by atoms with Crippen LogP contribution in [0.25, 0.3) is 0 Å². The summed E-state index contributed by atoms with van der Waals surface area (Å²) in [7, 11) is -9.96. The number of ether oxygens (including phenoxy) is 4. The molecule has 0 aliphatic rings. The van der Waals surface area contributed by atoms with Gasteiger partial charge in [0.1, 0.15) is 19.3 Å². The van der Waals surface area contributed by atoms with Crippen molar-refractivity contribution in [1.82, 2.24) is 0 Å². The van der Waals surface area contributed by atoms with Gasteiger partial charge in [-0.05, 0) is 116 Å². The van der Waals surface area contributed by atoms with Gasteiger partial charge >= 0.3 is 39.5 Å². The van der Waals surface area contributed by atoms with Crippen LogP contribution in [0.2, 0.25) is 0 Å². The molecule has 0 saturated carbocycles. The summed E-state index contributed by atoms with van der Waals surface area (Å²) in [5.74, 6) is -2.25. The second kappa shape index (κ2) is 71.4. The van der Waals surface area contributed by atoms with E-state index in [4.69, 9.17) is 37.0 Å². The number of carbonyl (C=O) groups excluding carboxylic acids is 4. The summed E-state index contributed by atoms with van der Waals surface area (Å²) >= 11 is 0. The van der Waals surface area contributed by atoms with Gasteiger partial charge < -0.3 is 33.8 Å². The molecule has 19 heteroatoms. The smallest absolute Gasteiger partial charge is 0.462 e. The quantitative estimate of drug-likeness (QED) is 0.0169. The Balaban J connectivity index is 5.38. The van der Waals surface area contributed by atoms with Crippen LogP contribution in [-0.4, -0.2) is 96.7 Å². The molecule has 566 valence electrons. The Morgan fingerprint density at radius 3 is 0.908 bits per heavy atom. The third-order valence-electron chi connectivity index (χ3n) is 16.0. The lowest BCUT2D eigenvalue weighted by atomic mass is 10.0. The number of carbonyl (C=O) groups is 4. The highest BCUT2D eigenvalue weighted by Gasteiger charge is 2.30. The molecular weight excluding hydrogens is 1280 g/mol. The molecular formula is C79H138O17P2. The van der Waals surface area contributed by atoms with Crippen LogP contribution in [0, 0.1) is 0 Å². The molecule has 0 fully saturated rings. The number of phosphoric acid groups is 2. The Morgan fingerprint density at radius 1 is 0.296 bits per heavy atom. The second-order valence-corrected chi connectivity index (χ2v) is 28.5. The molecule has 0 aliphatic heterocycles. The van der Waals surface area contributed by atoms with E-state index in [1.165, 1.54) is 89.9 Å². The van der Waals surface area contributed by atoms with Crippen LogP contribution in [0.4, 0.5) is 0 Å². The van der Waals surface area contributed by atoms with E-state index in [9.17, 15) is 43.2 Å². The Morgan fingerprint density at radius 2 is 0.561 bits per heavy atom. The maximum Gasteiger partial charge on any atom is 0.472 e. The highest BCUT2D eigenvalue weighted by molar-refractivity contribution is 7.47. The first-order chi connectivity index (χ1) is 47.7. The largest absolute Gasteiger partial charge is 0.472 e. The van der Waals surface area contributed by atoms with Crippen LogP contribution >= 0.6 is 15.6 Å². The third-order valence-corrected chi connectivity index (χ3v) is 17.9. The van der Waals surface area contributed by atoms with Crippen LogP contribution in [0.1, 0.15) is 323 Å². The molecule has 0 saturated heterocycles. The Labute approximate surface area is 595 Å². The van der Waals surface area contributed by atoms with Crippen molar-refractivity contribution in [2.75, 3.05) is 39.6 Å². The average molecular weight is 1420 g/mol. The van der Waals surface area contributed by atoms with Crippen molar-refractivity contribution < 1.29 is 80.2 Å². The molecule has 0 aliphatic carbocycles. The lowest BCUT2D eigenvalue weighted by Crippen LogP contribution is -2.30. The van der Waals surface area contributed by atoms with Gasteiger partial charge in [0.25, 0.3) is 0 Å². The summed E-state index contributed by atoms with van der Waals surface area (Å²) in [6.07, 6.45) is 74.0. The fraction of sp³-hybridized carbons (Fsp3) is 0.747. The summed E-state index contributed by atoms with van der Waals surface area (Å²) in [6, 6.07) is 0. The van der Waals surface area contributed by atoms with Gasteiger partial charge in [-0.3, -0.25) is 37.3 Å². The molecule has 0 rings (SSSR count). The van der Waals surface area contributed by atoms with Crippen LogP contribution in [0.3, 0.4) is 0 Å². The molecule has 5 atom stereocenters. The Bertz CT molecular complexity index is 2240. The molecule has 98 heavy (non-hydrogen) atoms. The minimum Gasteiger partial charge on any atom is -0.462 e. The first-order valence-corrected chi connectivity index (χ1v) is 41.5. The number of unbranched alkanes of at least 4 members (excludes halogenated alkanes) is 30. The van der Waals surface area contributed by atoms with Crippen LogP contribution in [0.5, 0.6) is 0 Å². The maximum absolute atomic E-state index is 13.1. The minimum absolute atomic E-state index is 0.0769. The summed E-state index contributed by atoms with van der Waals surface area (Å²) in [4.78, 5) is 72.8. The fourth-order valence-electron chi connectivity index (χ4n) is 10.2. The molecule has 0 aromatic carbocycles. The van der Waals surface area contributed by atoms with Gasteiger partial charge in [0.15, 0.2) is 12.2 Å². The lowest BCUT2D eigenvalue weighted by Gasteiger charge is -2.21. The van der Waals surface area contributed by atoms with E-state index >= 15 is 0 Å². The van der Waals surface area contributed by atoms with Crippen molar-refractivity contribution in [3.63, 3.8) is 0 Å². The predicted octanol–water partition coefficient (Wildman–Crippen LogP) is 22.0. The van der Waals surface area contributed by atoms with Crippen molar-refractivity contribution in [2.45, 2.75) is 341 Å². The number of hydrogen-bond donors (Lipinski definition) is 3. The first-order valence-electron chi connectivity index (χ1n) is 38.5. The highest BCUT2D eigenvalue weighted by Crippen LogP contribution is 2.45. The van der Waals surface area contributed by atoms with Gasteiger partial charge in [-0.15, -0.1) is 0 Å². The van der Waals surface area contributed by atoms with Gasteiger partial charge in [0.2, 0.25) is 0 Å². The van der Waals surface area contributed by atoms with E-state index in [1.807, 2.05) is 12.2 Å². The van der Waals surface area contributed by atoms with E-state index in [1.54, 1.807) is 0 Å². The zero-order chi connectivity index (χ0) is 71.8. The fourth-order valence-corrected chi connectivity index (χ4v) is 11.8. The van der Waals surface area contributed by atoms with E-state index in [2.05, 4.69) is 113 Å². The average Bonchev–Trinajstić information content (AvgIpc) is 0.969. The molecule has 17 nitrogen and oxygen atoms in total. The zero-order valence-corrected chi connectivity index (χ0v) is 63.5. The standard InChI is InChI=1S/C79H138O17P2/c1-5-9-13-17-21-25-29-33-35-36-38-42-44-48-52-56-60-64-77(82)90-70-75(96-79(84)66-62-58-54-50-46-40-32-28-24-20-16-12-8-4)72-94-98(87,88)92-68-73(80)67-91-97(85,86)93-71-74(95-78(83)65-61-57-53-49-45-39-31-27-23-19-15-11-7-3)69-89-76(81)63-59-55-51-47-43-41-37-34-30-26-22-18-14-10-6-2/h9,13,15,19,21,25,27,31,33-35,37-38,42,48,52,73-75,80H,5-8,10-12,14,16-18,20,22-24,26,28-30,32,36,39-41,43-47,49-51,53-72H2,1-4H3,(H,85,86)(H,87,88)/b13-9-,19-15-,25-21-,31-27-,35-33-,37-34-,42-38-,52-48-. The number of phosphoric ester groups is 2. The molecule has 3 N–H and O–H groups in total. The Kier molecular flexibility index (Phi) is 68.4. The monoisotopic (exact) mass is 1420 g/mol. The molecule has 0 aromatic rings. The molecule has 0 aromatic heterocycles. The van der Waals surface area contributed by atoms with Crippen LogP contribution in [-0.2, 0) is 65.4 Å². The van der Waals surface area contributed by atoms with Gasteiger partial charge in [-0.25, -0.2) is 9.13 Å². The van der Waals surface area contributed by atoms with E-state index in [0.29, 0.717) is 32.1 Å². The van der Waals surface area contributed by atoms with Gasteiger partial charge in [-0.2, -0.15) is 0 Å². The third kappa shape index (κ3) is 70.4. The van der Waals surface area contributed by atoms with Crippen molar-refractivity contribution >= 4 is 39.5 Å². The molecule has 0 amide bonds. The van der Waals surface area contributed by atoms with Crippen molar-refractivity contribution in [1.29, 1.82) is 0 Å². The van der Waals surface area contributed by atoms with Gasteiger partial charge in [-0.1, -0.05) is 279 Å². The zero-order valence-electron chi connectivity index (χ0n) is 61.7. The van der Waals surface area contributed by atoms with Crippen LogP contribution < -0.4 is 0 Å². The normalized spacial score (nSPS) is 14.5. The van der Waals surface area contributed by atoms with Gasteiger partial charge in [0, 0.05) is 25.7 Å². The van der Waals surface area contributed by atoms with Crippen molar-refractivity contribution in [2.24, 2.45) is 0 Å². The second-order valence-electron chi connectivity index (χ2n) is 25.6. The summed E-state index contributed by atoms with van der Waals surface area (Å²) in [5, 5.41) is 10.6. The number of aliphatic hydroxyl groups is 1.